The number of aromatic nitrogens is 5. The van der Waals surface area contributed by atoms with Gasteiger partial charge in [0.25, 0.3) is 0 Å². The van der Waals surface area contributed by atoms with Gasteiger partial charge in [-0.3, -0.25) is 9.48 Å². The van der Waals surface area contributed by atoms with E-state index in [2.05, 4.69) is 37.6 Å². The standard InChI is InChI=1S/C25H27N7O/c1-17(21-13-26-18(2)27-14-21)11-29-24(19-7-5-4-6-8-19)25(33)31-23-10-9-20(12-28-23)22-15-30-32(3)16-22/h4-10,12-17,24,29H,11H2,1-3H3,(H,28,31,33)/t17-,24+/m1/s1. The highest BCUT2D eigenvalue weighted by molar-refractivity contribution is 5.95. The van der Waals surface area contributed by atoms with E-state index in [1.807, 2.05) is 69.0 Å². The van der Waals surface area contributed by atoms with Crippen LogP contribution in [0.15, 0.2) is 73.4 Å². The largest absolute Gasteiger partial charge is 0.309 e. The Morgan fingerprint density at radius 3 is 2.33 bits per heavy atom. The molecular weight excluding hydrogens is 414 g/mol. The van der Waals surface area contributed by atoms with Crippen LogP contribution >= 0.6 is 0 Å². The fraction of sp³-hybridized carbons (Fsp3) is 0.240. The number of anilines is 1. The Hall–Kier alpha value is -3.91. The number of carbonyl (C=O) groups is 1. The van der Waals surface area contributed by atoms with E-state index in [0.29, 0.717) is 12.4 Å². The average molecular weight is 442 g/mol. The van der Waals surface area contributed by atoms with Crippen LogP contribution in [-0.2, 0) is 11.8 Å². The van der Waals surface area contributed by atoms with Gasteiger partial charge in [-0.1, -0.05) is 37.3 Å². The van der Waals surface area contributed by atoms with Crippen LogP contribution in [-0.4, -0.2) is 37.2 Å². The smallest absolute Gasteiger partial charge is 0.247 e. The van der Waals surface area contributed by atoms with Gasteiger partial charge in [-0.15, -0.1) is 0 Å². The maximum absolute atomic E-state index is 13.2. The van der Waals surface area contributed by atoms with Crippen LogP contribution in [0.5, 0.6) is 0 Å². The van der Waals surface area contributed by atoms with Gasteiger partial charge in [0.05, 0.1) is 6.20 Å². The first kappa shape index (κ1) is 22.3. The van der Waals surface area contributed by atoms with E-state index < -0.39 is 6.04 Å². The van der Waals surface area contributed by atoms with E-state index in [-0.39, 0.29) is 11.8 Å². The van der Waals surface area contributed by atoms with Crippen LogP contribution in [0.4, 0.5) is 5.82 Å². The topological polar surface area (TPSA) is 97.6 Å². The monoisotopic (exact) mass is 441 g/mol. The third-order valence-electron chi connectivity index (χ3n) is 5.45. The summed E-state index contributed by atoms with van der Waals surface area (Å²) in [5.41, 5.74) is 3.82. The second-order valence-corrected chi connectivity index (χ2v) is 8.04. The van der Waals surface area contributed by atoms with Crippen molar-refractivity contribution in [3.05, 3.63) is 90.4 Å². The molecule has 0 bridgehead atoms. The number of nitrogens with one attached hydrogen (secondary N) is 2. The number of carbonyl (C=O) groups excluding carboxylic acids is 1. The minimum atomic E-state index is -0.528. The highest BCUT2D eigenvalue weighted by Crippen LogP contribution is 2.21. The molecule has 8 heteroatoms. The maximum atomic E-state index is 13.2. The summed E-state index contributed by atoms with van der Waals surface area (Å²) in [5.74, 6) is 1.20. The van der Waals surface area contributed by atoms with E-state index in [1.165, 1.54) is 0 Å². The fourth-order valence-electron chi connectivity index (χ4n) is 3.48. The normalized spacial score (nSPS) is 12.8. The molecule has 0 radical (unpaired) electrons. The fourth-order valence-corrected chi connectivity index (χ4v) is 3.48. The summed E-state index contributed by atoms with van der Waals surface area (Å²) in [6.07, 6.45) is 9.10. The van der Waals surface area contributed by atoms with Crippen molar-refractivity contribution in [1.82, 2.24) is 30.0 Å². The average Bonchev–Trinajstić information content (AvgIpc) is 3.27. The molecule has 33 heavy (non-hydrogen) atoms. The molecule has 1 aromatic carbocycles. The van der Waals surface area contributed by atoms with E-state index in [0.717, 1.165) is 28.1 Å². The summed E-state index contributed by atoms with van der Waals surface area (Å²) in [7, 11) is 1.87. The first-order valence-corrected chi connectivity index (χ1v) is 10.8. The van der Waals surface area contributed by atoms with Crippen LogP contribution in [0, 0.1) is 6.92 Å². The molecule has 168 valence electrons. The number of rotatable bonds is 8. The van der Waals surface area contributed by atoms with E-state index in [9.17, 15) is 4.79 Å². The van der Waals surface area contributed by atoms with Crippen LogP contribution in [0.25, 0.3) is 11.1 Å². The third kappa shape index (κ3) is 5.67. The van der Waals surface area contributed by atoms with Crippen LogP contribution < -0.4 is 10.6 Å². The van der Waals surface area contributed by atoms with Crippen molar-refractivity contribution in [2.45, 2.75) is 25.8 Å². The lowest BCUT2D eigenvalue weighted by atomic mass is 10.0. The molecule has 0 saturated carbocycles. The van der Waals surface area contributed by atoms with Gasteiger partial charge in [-0.25, -0.2) is 15.0 Å². The second kappa shape index (κ2) is 10.1. The zero-order chi connectivity index (χ0) is 23.2. The van der Waals surface area contributed by atoms with Gasteiger partial charge in [0.15, 0.2) is 0 Å². The highest BCUT2D eigenvalue weighted by Gasteiger charge is 2.22. The molecule has 0 spiro atoms. The maximum Gasteiger partial charge on any atom is 0.247 e. The number of amides is 1. The van der Waals surface area contributed by atoms with Crippen molar-refractivity contribution in [2.75, 3.05) is 11.9 Å². The summed E-state index contributed by atoms with van der Waals surface area (Å²) < 4.78 is 1.74. The molecule has 0 aliphatic carbocycles. The zero-order valence-electron chi connectivity index (χ0n) is 18.9. The predicted molar refractivity (Wildman–Crippen MR) is 127 cm³/mol. The number of benzene rings is 1. The minimum absolute atomic E-state index is 0.140. The number of hydrogen-bond donors (Lipinski definition) is 2. The van der Waals surface area contributed by atoms with Gasteiger partial charge in [0.1, 0.15) is 17.7 Å². The highest BCUT2D eigenvalue weighted by atomic mass is 16.2. The van der Waals surface area contributed by atoms with Gasteiger partial charge in [0, 0.05) is 49.5 Å². The quantitative estimate of drug-likeness (QED) is 0.433. The molecule has 3 heterocycles. The molecule has 1 amide bonds. The van der Waals surface area contributed by atoms with Gasteiger partial charge < -0.3 is 10.6 Å². The van der Waals surface area contributed by atoms with E-state index in [1.54, 1.807) is 23.1 Å². The van der Waals surface area contributed by atoms with Crippen molar-refractivity contribution in [3.8, 4) is 11.1 Å². The Morgan fingerprint density at radius 1 is 0.939 bits per heavy atom. The third-order valence-corrected chi connectivity index (χ3v) is 5.45. The molecule has 3 aromatic heterocycles. The summed E-state index contributed by atoms with van der Waals surface area (Å²) >= 11 is 0. The number of pyridine rings is 1. The molecular formula is C25H27N7O. The summed E-state index contributed by atoms with van der Waals surface area (Å²) in [5, 5.41) is 10.5. The van der Waals surface area contributed by atoms with Crippen molar-refractivity contribution in [1.29, 1.82) is 0 Å². The molecule has 0 unspecified atom stereocenters. The lowest BCUT2D eigenvalue weighted by Crippen LogP contribution is -2.35. The lowest BCUT2D eigenvalue weighted by molar-refractivity contribution is -0.118. The molecule has 0 aliphatic rings. The first-order chi connectivity index (χ1) is 16.0. The van der Waals surface area contributed by atoms with Gasteiger partial charge in [-0.05, 0) is 36.1 Å². The SMILES string of the molecule is Cc1ncc([C@H](C)CN[C@H](C(=O)Nc2ccc(-c3cnn(C)c3)cn2)c2ccccc2)cn1. The molecule has 4 rings (SSSR count). The van der Waals surface area contributed by atoms with E-state index in [4.69, 9.17) is 0 Å². The Kier molecular flexibility index (Phi) is 6.85. The molecule has 4 aromatic rings. The Labute approximate surface area is 193 Å². The molecule has 2 N–H and O–H groups in total. The summed E-state index contributed by atoms with van der Waals surface area (Å²) in [4.78, 5) is 26.2. The summed E-state index contributed by atoms with van der Waals surface area (Å²) in [6.45, 7) is 4.53. The van der Waals surface area contributed by atoms with Crippen molar-refractivity contribution in [2.24, 2.45) is 7.05 Å². The molecule has 0 fully saturated rings. The molecule has 8 nitrogen and oxygen atoms in total. The lowest BCUT2D eigenvalue weighted by Gasteiger charge is -2.21. The Morgan fingerprint density at radius 2 is 1.70 bits per heavy atom. The second-order valence-electron chi connectivity index (χ2n) is 8.04. The van der Waals surface area contributed by atoms with Gasteiger partial charge in [0.2, 0.25) is 5.91 Å². The zero-order valence-corrected chi connectivity index (χ0v) is 18.9. The number of nitrogens with zero attached hydrogens (tertiary/aromatic N) is 5. The minimum Gasteiger partial charge on any atom is -0.309 e. The van der Waals surface area contributed by atoms with Crippen LogP contribution in [0.2, 0.25) is 0 Å². The van der Waals surface area contributed by atoms with Crippen molar-refractivity contribution < 1.29 is 4.79 Å². The Balaban J connectivity index is 1.46. The molecule has 2 atom stereocenters. The van der Waals surface area contributed by atoms with Gasteiger partial charge in [-0.2, -0.15) is 5.10 Å². The number of hydrogen-bond acceptors (Lipinski definition) is 6. The summed E-state index contributed by atoms with van der Waals surface area (Å²) in [6, 6.07) is 12.9. The van der Waals surface area contributed by atoms with Crippen LogP contribution in [0.3, 0.4) is 0 Å². The van der Waals surface area contributed by atoms with Crippen molar-refractivity contribution in [3.63, 3.8) is 0 Å². The molecule has 0 saturated heterocycles. The number of aryl methyl sites for hydroxylation is 2. The predicted octanol–water partition coefficient (Wildman–Crippen LogP) is 3.65. The van der Waals surface area contributed by atoms with E-state index >= 15 is 0 Å². The van der Waals surface area contributed by atoms with Crippen molar-refractivity contribution >= 4 is 11.7 Å². The first-order valence-electron chi connectivity index (χ1n) is 10.8. The van der Waals surface area contributed by atoms with Gasteiger partial charge >= 0.3 is 0 Å². The van der Waals surface area contributed by atoms with Crippen LogP contribution in [0.1, 0.15) is 35.8 Å². The molecule has 0 aliphatic heterocycles. The Bertz CT molecular complexity index is 1190.